The van der Waals surface area contributed by atoms with Crippen molar-refractivity contribution in [1.29, 1.82) is 0 Å². The van der Waals surface area contributed by atoms with Crippen LogP contribution >= 0.6 is 11.3 Å². The summed E-state index contributed by atoms with van der Waals surface area (Å²) in [4.78, 5) is 43.8. The Kier molecular flexibility index (Phi) is 4.65. The Morgan fingerprint density at radius 1 is 1.27 bits per heavy atom. The predicted molar refractivity (Wildman–Crippen MR) is 101 cm³/mol. The summed E-state index contributed by atoms with van der Waals surface area (Å²) in [5.41, 5.74) is 0.197. The maximum absolute atomic E-state index is 13.0. The lowest BCUT2D eigenvalue weighted by atomic mass is 10.2. The highest BCUT2D eigenvalue weighted by Crippen LogP contribution is 2.42. The third-order valence-corrected chi connectivity index (χ3v) is 5.29. The molecular formula is C18H13F2N3O6S. The molecule has 0 spiro atoms. The number of ether oxygens (including phenoxy) is 3. The standard InChI is InChI=1S/C18H13F2N3O6S/c1-7-13-15(25)21-8(2)22-16(13)30-14(7)17(26)27-6-12(24)23-9-3-4-10-11(5-9)29-18(19,20)28-10/h3-5H,6H2,1-2H3,(H,23,24)(H,21,22,25). The number of anilines is 1. The van der Waals surface area contributed by atoms with Gasteiger partial charge in [0, 0.05) is 11.8 Å². The van der Waals surface area contributed by atoms with Crippen molar-refractivity contribution < 1.29 is 32.6 Å². The van der Waals surface area contributed by atoms with Gasteiger partial charge in [-0.25, -0.2) is 9.78 Å². The molecule has 0 saturated heterocycles. The molecule has 0 saturated carbocycles. The summed E-state index contributed by atoms with van der Waals surface area (Å²) in [6.45, 7) is 2.58. The number of hydrogen-bond donors (Lipinski definition) is 2. The van der Waals surface area contributed by atoms with Gasteiger partial charge < -0.3 is 24.5 Å². The number of thiophene rings is 1. The van der Waals surface area contributed by atoms with E-state index in [9.17, 15) is 23.2 Å². The molecule has 0 bridgehead atoms. The zero-order valence-corrected chi connectivity index (χ0v) is 16.3. The van der Waals surface area contributed by atoms with E-state index < -0.39 is 24.8 Å². The van der Waals surface area contributed by atoms with Crippen LogP contribution in [-0.2, 0) is 9.53 Å². The number of H-pyrrole nitrogens is 1. The Labute approximate surface area is 170 Å². The van der Waals surface area contributed by atoms with E-state index in [1.807, 2.05) is 0 Å². The van der Waals surface area contributed by atoms with Crippen LogP contribution in [0.5, 0.6) is 11.5 Å². The normalized spacial score (nSPS) is 14.0. The van der Waals surface area contributed by atoms with Gasteiger partial charge in [-0.1, -0.05) is 0 Å². The average molecular weight is 437 g/mol. The number of fused-ring (bicyclic) bond motifs is 2. The minimum absolute atomic E-state index is 0.153. The number of esters is 1. The van der Waals surface area contributed by atoms with Crippen LogP contribution < -0.4 is 20.3 Å². The lowest BCUT2D eigenvalue weighted by Crippen LogP contribution is -2.25. The second kappa shape index (κ2) is 7.06. The monoisotopic (exact) mass is 437 g/mol. The van der Waals surface area contributed by atoms with Crippen molar-refractivity contribution in [2.24, 2.45) is 0 Å². The Bertz CT molecular complexity index is 1250. The third kappa shape index (κ3) is 3.68. The van der Waals surface area contributed by atoms with E-state index >= 15 is 0 Å². The number of nitrogens with one attached hydrogen (secondary N) is 2. The van der Waals surface area contributed by atoms with Crippen LogP contribution in [0.4, 0.5) is 14.5 Å². The van der Waals surface area contributed by atoms with Gasteiger partial charge in [0.1, 0.15) is 15.5 Å². The van der Waals surface area contributed by atoms with E-state index in [4.69, 9.17) is 4.74 Å². The Morgan fingerprint density at radius 3 is 2.77 bits per heavy atom. The Hall–Kier alpha value is -3.54. The molecule has 0 atom stereocenters. The van der Waals surface area contributed by atoms with Gasteiger partial charge in [0.2, 0.25) is 0 Å². The highest BCUT2D eigenvalue weighted by molar-refractivity contribution is 7.20. The maximum atomic E-state index is 13.0. The number of alkyl halides is 2. The summed E-state index contributed by atoms with van der Waals surface area (Å²) in [6.07, 6.45) is -3.77. The number of amides is 1. The predicted octanol–water partition coefficient (Wildman–Crippen LogP) is 2.72. The molecule has 1 aliphatic heterocycles. The Morgan fingerprint density at radius 2 is 2.00 bits per heavy atom. The summed E-state index contributed by atoms with van der Waals surface area (Å²) >= 11 is 0.990. The van der Waals surface area contributed by atoms with Gasteiger partial charge in [-0.3, -0.25) is 9.59 Å². The fraction of sp³-hybridized carbons (Fsp3) is 0.222. The van der Waals surface area contributed by atoms with E-state index in [-0.39, 0.29) is 27.6 Å². The molecule has 1 amide bonds. The van der Waals surface area contributed by atoms with Gasteiger partial charge in [0.05, 0.1) is 5.39 Å². The lowest BCUT2D eigenvalue weighted by molar-refractivity contribution is -0.286. The SMILES string of the molecule is Cc1nc2sc(C(=O)OCC(=O)Nc3ccc4c(c3)OC(F)(F)O4)c(C)c2c(=O)[nH]1. The van der Waals surface area contributed by atoms with Crippen LogP contribution in [0, 0.1) is 13.8 Å². The van der Waals surface area contributed by atoms with Crippen molar-refractivity contribution in [2.75, 3.05) is 11.9 Å². The molecular weight excluding hydrogens is 424 g/mol. The van der Waals surface area contributed by atoms with E-state index in [0.717, 1.165) is 17.4 Å². The zero-order valence-electron chi connectivity index (χ0n) is 15.5. The molecule has 2 N–H and O–H groups in total. The van der Waals surface area contributed by atoms with Gasteiger partial charge in [-0.15, -0.1) is 20.1 Å². The molecule has 0 aliphatic carbocycles. The van der Waals surface area contributed by atoms with Crippen molar-refractivity contribution in [3.63, 3.8) is 0 Å². The summed E-state index contributed by atoms with van der Waals surface area (Å²) in [6, 6.07) is 3.71. The number of carbonyl (C=O) groups is 2. The molecule has 30 heavy (non-hydrogen) atoms. The number of rotatable bonds is 4. The van der Waals surface area contributed by atoms with Crippen LogP contribution in [0.25, 0.3) is 10.2 Å². The van der Waals surface area contributed by atoms with Gasteiger partial charge in [0.25, 0.3) is 11.5 Å². The molecule has 1 aromatic carbocycles. The molecule has 0 fully saturated rings. The summed E-state index contributed by atoms with van der Waals surface area (Å²) in [7, 11) is 0. The number of aryl methyl sites for hydroxylation is 2. The fourth-order valence-corrected chi connectivity index (χ4v) is 3.99. The van der Waals surface area contributed by atoms with Crippen LogP contribution in [0.1, 0.15) is 21.1 Å². The number of aromatic nitrogens is 2. The maximum Gasteiger partial charge on any atom is 0.586 e. The topological polar surface area (TPSA) is 120 Å². The summed E-state index contributed by atoms with van der Waals surface area (Å²) < 4.78 is 39.7. The van der Waals surface area contributed by atoms with E-state index in [0.29, 0.717) is 21.6 Å². The van der Waals surface area contributed by atoms with Gasteiger partial charge in [-0.2, -0.15) is 0 Å². The smallest absolute Gasteiger partial charge is 0.451 e. The van der Waals surface area contributed by atoms with Crippen LogP contribution in [-0.4, -0.2) is 34.7 Å². The molecule has 9 nitrogen and oxygen atoms in total. The number of carbonyl (C=O) groups excluding carboxylic acids is 2. The molecule has 3 aromatic rings. The summed E-state index contributed by atoms with van der Waals surface area (Å²) in [5, 5.41) is 2.69. The molecule has 156 valence electrons. The van der Waals surface area contributed by atoms with Crippen LogP contribution in [0.2, 0.25) is 0 Å². The number of halogens is 2. The van der Waals surface area contributed by atoms with E-state index in [2.05, 4.69) is 24.8 Å². The fourth-order valence-electron chi connectivity index (χ4n) is 2.87. The minimum Gasteiger partial charge on any atom is -0.451 e. The first-order chi connectivity index (χ1) is 14.1. The molecule has 2 aromatic heterocycles. The number of aromatic amines is 1. The molecule has 1 aliphatic rings. The van der Waals surface area contributed by atoms with Crippen LogP contribution in [0.15, 0.2) is 23.0 Å². The number of nitrogens with zero attached hydrogens (tertiary/aromatic N) is 1. The van der Waals surface area contributed by atoms with Crippen molar-refractivity contribution in [2.45, 2.75) is 20.1 Å². The van der Waals surface area contributed by atoms with Crippen LogP contribution in [0.3, 0.4) is 0 Å². The molecule has 0 unspecified atom stereocenters. The molecule has 3 heterocycles. The van der Waals surface area contributed by atoms with Crippen molar-refractivity contribution in [3.8, 4) is 11.5 Å². The highest BCUT2D eigenvalue weighted by Gasteiger charge is 2.43. The molecule has 4 rings (SSSR count). The Balaban J connectivity index is 1.42. The first kappa shape index (κ1) is 19.8. The lowest BCUT2D eigenvalue weighted by Gasteiger charge is -2.07. The second-order valence-electron chi connectivity index (χ2n) is 6.34. The first-order valence-electron chi connectivity index (χ1n) is 8.50. The zero-order chi connectivity index (χ0) is 21.6. The third-order valence-electron chi connectivity index (χ3n) is 4.12. The van der Waals surface area contributed by atoms with E-state index in [1.54, 1.807) is 13.8 Å². The average Bonchev–Trinajstić information content (AvgIpc) is 3.14. The van der Waals surface area contributed by atoms with Crippen molar-refractivity contribution in [1.82, 2.24) is 9.97 Å². The quantitative estimate of drug-likeness (QED) is 0.602. The first-order valence-corrected chi connectivity index (χ1v) is 9.31. The van der Waals surface area contributed by atoms with Crippen molar-refractivity contribution >= 4 is 39.1 Å². The van der Waals surface area contributed by atoms with E-state index in [1.165, 1.54) is 12.1 Å². The second-order valence-corrected chi connectivity index (χ2v) is 7.34. The minimum atomic E-state index is -3.77. The van der Waals surface area contributed by atoms with Gasteiger partial charge in [0.15, 0.2) is 18.1 Å². The van der Waals surface area contributed by atoms with Crippen molar-refractivity contribution in [3.05, 3.63) is 44.8 Å². The molecule has 12 heteroatoms. The highest BCUT2D eigenvalue weighted by atomic mass is 32.1. The van der Waals surface area contributed by atoms with Gasteiger partial charge >= 0.3 is 12.3 Å². The van der Waals surface area contributed by atoms with Gasteiger partial charge in [-0.05, 0) is 31.5 Å². The molecule has 0 radical (unpaired) electrons. The number of hydrogen-bond acceptors (Lipinski definition) is 8. The largest absolute Gasteiger partial charge is 0.586 e. The summed E-state index contributed by atoms with van der Waals surface area (Å²) in [5.74, 6) is -1.46. The number of benzene rings is 1.